The second-order valence-electron chi connectivity index (χ2n) is 6.78. The van der Waals surface area contributed by atoms with Crippen LogP contribution in [-0.4, -0.2) is 38.2 Å². The number of nitrogens with zero attached hydrogens (tertiary/aromatic N) is 1. The molecule has 0 atom stereocenters. The first-order valence-corrected chi connectivity index (χ1v) is 7.40. The van der Waals surface area contributed by atoms with E-state index in [4.69, 9.17) is 4.74 Å². The molecule has 0 saturated carbocycles. The molecule has 0 fully saturated rings. The molecule has 0 aliphatic rings. The zero-order valence-electron chi connectivity index (χ0n) is 13.9. The van der Waals surface area contributed by atoms with Crippen LogP contribution in [0, 0.1) is 5.41 Å². The van der Waals surface area contributed by atoms with Crippen LogP contribution in [0.15, 0.2) is 24.3 Å². The number of hydrogen-bond acceptors (Lipinski definition) is 3. The molecule has 1 rings (SSSR count). The Morgan fingerprint density at radius 2 is 1.85 bits per heavy atom. The molecular formula is C17H30N2O. The summed E-state index contributed by atoms with van der Waals surface area (Å²) in [5.41, 5.74) is 1.49. The molecule has 3 heteroatoms. The minimum Gasteiger partial charge on any atom is -0.491 e. The quantitative estimate of drug-likeness (QED) is 0.790. The number of rotatable bonds is 8. The zero-order chi connectivity index (χ0) is 15.2. The predicted molar refractivity (Wildman–Crippen MR) is 86.2 cm³/mol. The van der Waals surface area contributed by atoms with Gasteiger partial charge in [-0.2, -0.15) is 0 Å². The first-order valence-electron chi connectivity index (χ1n) is 7.40. The summed E-state index contributed by atoms with van der Waals surface area (Å²) in [6, 6.07) is 8.26. The fourth-order valence-corrected chi connectivity index (χ4v) is 2.47. The molecule has 0 aromatic heterocycles. The van der Waals surface area contributed by atoms with Crippen molar-refractivity contribution in [1.82, 2.24) is 10.2 Å². The van der Waals surface area contributed by atoms with Gasteiger partial charge in [-0.05, 0) is 39.4 Å². The molecule has 3 nitrogen and oxygen atoms in total. The van der Waals surface area contributed by atoms with E-state index in [2.05, 4.69) is 64.1 Å². The van der Waals surface area contributed by atoms with E-state index >= 15 is 0 Å². The van der Waals surface area contributed by atoms with Crippen molar-refractivity contribution in [1.29, 1.82) is 0 Å². The molecule has 0 aliphatic heterocycles. The molecule has 1 N–H and O–H groups in total. The Balaban J connectivity index is 2.53. The third kappa shape index (κ3) is 6.40. The minimum atomic E-state index is 0.210. The summed E-state index contributed by atoms with van der Waals surface area (Å²) in [5, 5.41) is 3.55. The molecule has 0 saturated heterocycles. The summed E-state index contributed by atoms with van der Waals surface area (Å²) in [7, 11) is 4.24. The van der Waals surface area contributed by atoms with Crippen molar-refractivity contribution in [3.8, 4) is 5.75 Å². The van der Waals surface area contributed by atoms with E-state index in [1.807, 2.05) is 12.1 Å². The summed E-state index contributed by atoms with van der Waals surface area (Å²) >= 11 is 0. The van der Waals surface area contributed by atoms with Gasteiger partial charge < -0.3 is 15.0 Å². The van der Waals surface area contributed by atoms with E-state index < -0.39 is 0 Å². The highest BCUT2D eigenvalue weighted by Gasteiger charge is 2.18. The highest BCUT2D eigenvalue weighted by molar-refractivity contribution is 5.33. The molecule has 20 heavy (non-hydrogen) atoms. The number of benzene rings is 1. The fraction of sp³-hybridized carbons (Fsp3) is 0.647. The lowest BCUT2D eigenvalue weighted by atomic mass is 9.93. The van der Waals surface area contributed by atoms with Crippen LogP contribution in [-0.2, 0) is 6.54 Å². The first kappa shape index (κ1) is 17.0. The molecule has 0 aliphatic carbocycles. The van der Waals surface area contributed by atoms with Gasteiger partial charge in [-0.3, -0.25) is 0 Å². The summed E-state index contributed by atoms with van der Waals surface area (Å²) in [6.45, 7) is 11.6. The van der Waals surface area contributed by atoms with Gasteiger partial charge in [0.2, 0.25) is 0 Å². The Kier molecular flexibility index (Phi) is 6.50. The summed E-state index contributed by atoms with van der Waals surface area (Å²) in [5.74, 6) is 0.986. The summed E-state index contributed by atoms with van der Waals surface area (Å²) in [4.78, 5) is 2.23. The van der Waals surface area contributed by atoms with Gasteiger partial charge >= 0.3 is 0 Å². The van der Waals surface area contributed by atoms with Crippen LogP contribution < -0.4 is 10.1 Å². The maximum Gasteiger partial charge on any atom is 0.124 e. The van der Waals surface area contributed by atoms with Gasteiger partial charge in [-0.15, -0.1) is 0 Å². The van der Waals surface area contributed by atoms with Gasteiger partial charge in [-0.1, -0.05) is 32.0 Å². The highest BCUT2D eigenvalue weighted by atomic mass is 16.5. The van der Waals surface area contributed by atoms with Crippen LogP contribution >= 0.6 is 0 Å². The van der Waals surface area contributed by atoms with E-state index in [1.165, 1.54) is 5.56 Å². The van der Waals surface area contributed by atoms with Crippen molar-refractivity contribution in [3.63, 3.8) is 0 Å². The Morgan fingerprint density at radius 1 is 1.20 bits per heavy atom. The number of para-hydroxylation sites is 1. The summed E-state index contributed by atoms with van der Waals surface area (Å²) < 4.78 is 5.84. The van der Waals surface area contributed by atoms with Crippen molar-refractivity contribution in [2.75, 3.05) is 27.2 Å². The maximum absolute atomic E-state index is 5.84. The molecule has 114 valence electrons. The van der Waals surface area contributed by atoms with Crippen LogP contribution in [0.25, 0.3) is 0 Å². The van der Waals surface area contributed by atoms with E-state index in [0.717, 1.165) is 25.4 Å². The molecule has 0 radical (unpaired) electrons. The summed E-state index contributed by atoms with van der Waals surface area (Å²) in [6.07, 6.45) is 0.210. The van der Waals surface area contributed by atoms with E-state index in [-0.39, 0.29) is 11.5 Å². The molecule has 0 heterocycles. The van der Waals surface area contributed by atoms with Gasteiger partial charge in [0.05, 0.1) is 6.10 Å². The van der Waals surface area contributed by atoms with Crippen LogP contribution in [0.4, 0.5) is 0 Å². The van der Waals surface area contributed by atoms with Gasteiger partial charge in [0.1, 0.15) is 5.75 Å². The smallest absolute Gasteiger partial charge is 0.124 e. The van der Waals surface area contributed by atoms with Gasteiger partial charge in [0.15, 0.2) is 0 Å². The Labute approximate surface area is 124 Å². The monoisotopic (exact) mass is 278 g/mol. The number of nitrogens with one attached hydrogen (secondary N) is 1. The number of hydrogen-bond donors (Lipinski definition) is 1. The van der Waals surface area contributed by atoms with Gasteiger partial charge in [0.25, 0.3) is 0 Å². The third-order valence-electron chi connectivity index (χ3n) is 3.00. The maximum atomic E-state index is 5.84. The fourth-order valence-electron chi connectivity index (χ4n) is 2.47. The van der Waals surface area contributed by atoms with Crippen LogP contribution in [0.1, 0.15) is 33.3 Å². The van der Waals surface area contributed by atoms with Crippen LogP contribution in [0.5, 0.6) is 5.75 Å². The van der Waals surface area contributed by atoms with E-state index in [9.17, 15) is 0 Å². The second kappa shape index (κ2) is 7.65. The highest BCUT2D eigenvalue weighted by Crippen LogP contribution is 2.20. The second-order valence-corrected chi connectivity index (χ2v) is 6.78. The predicted octanol–water partition coefficient (Wildman–Crippen LogP) is 3.15. The molecule has 0 amide bonds. The molecular weight excluding hydrogens is 248 g/mol. The van der Waals surface area contributed by atoms with Gasteiger partial charge in [0, 0.05) is 25.2 Å². The normalized spacial score (nSPS) is 12.2. The minimum absolute atomic E-state index is 0.210. The average Bonchev–Trinajstić information content (AvgIpc) is 2.28. The Hall–Kier alpha value is -1.06. The molecule has 1 aromatic carbocycles. The first-order chi connectivity index (χ1) is 9.30. The average molecular weight is 278 g/mol. The van der Waals surface area contributed by atoms with Gasteiger partial charge in [-0.25, -0.2) is 0 Å². The lowest BCUT2D eigenvalue weighted by Gasteiger charge is -2.28. The SMILES string of the molecule is CC(C)Oc1ccccc1CNCC(C)(C)CN(C)C. The van der Waals surface area contributed by atoms with Crippen molar-refractivity contribution in [2.24, 2.45) is 5.41 Å². The third-order valence-corrected chi connectivity index (χ3v) is 3.00. The van der Waals surface area contributed by atoms with Crippen LogP contribution in [0.2, 0.25) is 0 Å². The van der Waals surface area contributed by atoms with Crippen molar-refractivity contribution in [3.05, 3.63) is 29.8 Å². The lowest BCUT2D eigenvalue weighted by molar-refractivity contribution is 0.228. The molecule has 0 bridgehead atoms. The zero-order valence-corrected chi connectivity index (χ0v) is 13.9. The van der Waals surface area contributed by atoms with Crippen LogP contribution in [0.3, 0.4) is 0 Å². The standard InChI is InChI=1S/C17H30N2O/c1-14(2)20-16-10-8-7-9-15(16)11-18-12-17(3,4)13-19(5)6/h7-10,14,18H,11-13H2,1-6H3. The molecule has 0 unspecified atom stereocenters. The lowest BCUT2D eigenvalue weighted by Crippen LogP contribution is -2.37. The molecule has 1 aromatic rings. The Bertz CT molecular complexity index is 400. The van der Waals surface area contributed by atoms with E-state index in [1.54, 1.807) is 0 Å². The topological polar surface area (TPSA) is 24.5 Å². The molecule has 0 spiro atoms. The van der Waals surface area contributed by atoms with Crippen molar-refractivity contribution in [2.45, 2.75) is 40.3 Å². The van der Waals surface area contributed by atoms with E-state index in [0.29, 0.717) is 0 Å². The number of ether oxygens (including phenoxy) is 1. The van der Waals surface area contributed by atoms with Crippen molar-refractivity contribution < 1.29 is 4.74 Å². The van der Waals surface area contributed by atoms with Crippen molar-refractivity contribution >= 4 is 0 Å². The largest absolute Gasteiger partial charge is 0.491 e. The Morgan fingerprint density at radius 3 is 2.45 bits per heavy atom.